The Kier molecular flexibility index (Phi) is 5.37. The van der Waals surface area contributed by atoms with Crippen LogP contribution in [0.3, 0.4) is 0 Å². The van der Waals surface area contributed by atoms with Gasteiger partial charge in [0.05, 0.1) is 25.9 Å². The van der Waals surface area contributed by atoms with Gasteiger partial charge in [-0.05, 0) is 25.0 Å². The highest BCUT2D eigenvalue weighted by Crippen LogP contribution is 2.42. The lowest BCUT2D eigenvalue weighted by Gasteiger charge is -2.25. The molecule has 2 fully saturated rings. The molecule has 0 bridgehead atoms. The molecule has 5 heteroatoms. The minimum Gasteiger partial charge on any atom is -0.392 e. The van der Waals surface area contributed by atoms with E-state index < -0.39 is 5.79 Å². The number of hydrogen-bond acceptors (Lipinski definition) is 5. The maximum absolute atomic E-state index is 9.34. The Hall–Kier alpha value is -1.24. The first-order chi connectivity index (χ1) is 11.5. The van der Waals surface area contributed by atoms with Gasteiger partial charge in [0, 0.05) is 5.92 Å². The standard InChI is InChI=1S/C19H26O5/c1-13-16(22-18-17(13)23-19(2,3)24-18)15(9-10-20)12-21-11-14-7-5-4-6-8-14/h4-9,13,16-18,20H,10-12H2,1-3H3/b15-9+/t13-,16+,17-,18-/m1/s1. The third-order valence-electron chi connectivity index (χ3n) is 4.46. The van der Waals surface area contributed by atoms with Crippen molar-refractivity contribution in [2.24, 2.45) is 5.92 Å². The summed E-state index contributed by atoms with van der Waals surface area (Å²) in [6, 6.07) is 10.0. The Morgan fingerprint density at radius 1 is 1.25 bits per heavy atom. The Morgan fingerprint density at radius 3 is 2.67 bits per heavy atom. The van der Waals surface area contributed by atoms with E-state index in [-0.39, 0.29) is 31.0 Å². The van der Waals surface area contributed by atoms with Crippen LogP contribution < -0.4 is 0 Å². The molecule has 2 saturated heterocycles. The van der Waals surface area contributed by atoms with Crippen molar-refractivity contribution in [3.63, 3.8) is 0 Å². The minimum atomic E-state index is -0.612. The molecule has 132 valence electrons. The number of rotatable bonds is 6. The van der Waals surface area contributed by atoms with Crippen molar-refractivity contribution < 1.29 is 24.1 Å². The molecule has 0 unspecified atom stereocenters. The van der Waals surface area contributed by atoms with Gasteiger partial charge in [-0.2, -0.15) is 0 Å². The molecule has 0 spiro atoms. The lowest BCUT2D eigenvalue weighted by molar-refractivity contribution is -0.205. The quantitative estimate of drug-likeness (QED) is 0.811. The smallest absolute Gasteiger partial charge is 0.188 e. The second kappa shape index (κ2) is 7.33. The van der Waals surface area contributed by atoms with Crippen LogP contribution in [0.1, 0.15) is 26.3 Å². The van der Waals surface area contributed by atoms with Gasteiger partial charge in [0.2, 0.25) is 0 Å². The lowest BCUT2D eigenvalue weighted by Crippen LogP contribution is -2.30. The molecule has 1 N–H and O–H groups in total. The zero-order valence-electron chi connectivity index (χ0n) is 14.5. The maximum atomic E-state index is 9.34. The van der Waals surface area contributed by atoms with Crippen molar-refractivity contribution in [3.05, 3.63) is 47.5 Å². The maximum Gasteiger partial charge on any atom is 0.188 e. The number of benzene rings is 1. The zero-order chi connectivity index (χ0) is 17.2. The minimum absolute atomic E-state index is 0.0425. The third kappa shape index (κ3) is 3.87. The SMILES string of the molecule is C[C@H]1[C@H]2OC(C)(C)O[C@H]2O[C@@H]1/C(=C/CO)COCc1ccccc1. The summed E-state index contributed by atoms with van der Waals surface area (Å²) in [7, 11) is 0. The van der Waals surface area contributed by atoms with Gasteiger partial charge in [0.15, 0.2) is 12.1 Å². The number of aliphatic hydroxyl groups is 1. The summed E-state index contributed by atoms with van der Waals surface area (Å²) in [5.74, 6) is -0.478. The van der Waals surface area contributed by atoms with Crippen molar-refractivity contribution >= 4 is 0 Å². The van der Waals surface area contributed by atoms with Crippen LogP contribution in [0.5, 0.6) is 0 Å². The normalized spacial score (nSPS) is 32.1. The van der Waals surface area contributed by atoms with Crippen LogP contribution in [0.15, 0.2) is 42.0 Å². The van der Waals surface area contributed by atoms with Gasteiger partial charge in [0.25, 0.3) is 0 Å². The highest BCUT2D eigenvalue weighted by molar-refractivity contribution is 5.16. The Morgan fingerprint density at radius 2 is 2.00 bits per heavy atom. The van der Waals surface area contributed by atoms with Crippen molar-refractivity contribution in [1.82, 2.24) is 0 Å². The van der Waals surface area contributed by atoms with E-state index in [0.29, 0.717) is 13.2 Å². The lowest BCUT2D eigenvalue weighted by atomic mass is 9.95. The first-order valence-electron chi connectivity index (χ1n) is 8.43. The van der Waals surface area contributed by atoms with Crippen LogP contribution in [-0.2, 0) is 25.6 Å². The number of ether oxygens (including phenoxy) is 4. The van der Waals surface area contributed by atoms with E-state index in [0.717, 1.165) is 11.1 Å². The van der Waals surface area contributed by atoms with E-state index in [2.05, 4.69) is 6.92 Å². The van der Waals surface area contributed by atoms with E-state index in [4.69, 9.17) is 18.9 Å². The van der Waals surface area contributed by atoms with E-state index in [1.54, 1.807) is 6.08 Å². The average Bonchev–Trinajstić information content (AvgIpc) is 3.01. The molecule has 1 aromatic rings. The molecule has 4 atom stereocenters. The molecular formula is C19H26O5. The fourth-order valence-electron chi connectivity index (χ4n) is 3.32. The molecule has 0 radical (unpaired) electrons. The Bertz CT molecular complexity index is 568. The summed E-state index contributed by atoms with van der Waals surface area (Å²) in [6.45, 7) is 6.76. The van der Waals surface area contributed by atoms with Gasteiger partial charge in [-0.3, -0.25) is 0 Å². The van der Waals surface area contributed by atoms with Crippen molar-refractivity contribution in [1.29, 1.82) is 0 Å². The van der Waals surface area contributed by atoms with E-state index >= 15 is 0 Å². The fraction of sp³-hybridized carbons (Fsp3) is 0.579. The van der Waals surface area contributed by atoms with Gasteiger partial charge < -0.3 is 24.1 Å². The summed E-state index contributed by atoms with van der Waals surface area (Å²) in [5, 5.41) is 9.34. The molecule has 2 heterocycles. The molecule has 2 aliphatic rings. The van der Waals surface area contributed by atoms with Crippen molar-refractivity contribution in [2.45, 2.75) is 51.7 Å². The number of hydrogen-bond donors (Lipinski definition) is 1. The average molecular weight is 334 g/mol. The van der Waals surface area contributed by atoms with Gasteiger partial charge in [-0.1, -0.05) is 43.3 Å². The van der Waals surface area contributed by atoms with Crippen molar-refractivity contribution in [2.75, 3.05) is 13.2 Å². The summed E-state index contributed by atoms with van der Waals surface area (Å²) in [5.41, 5.74) is 2.05. The highest BCUT2D eigenvalue weighted by Gasteiger charge is 2.53. The zero-order valence-corrected chi connectivity index (χ0v) is 14.5. The second-order valence-electron chi connectivity index (χ2n) is 6.82. The molecule has 1 aromatic carbocycles. The third-order valence-corrected chi connectivity index (χ3v) is 4.46. The number of aliphatic hydroxyl groups excluding tert-OH is 1. The topological polar surface area (TPSA) is 57.2 Å². The van der Waals surface area contributed by atoms with E-state index in [1.165, 1.54) is 0 Å². The first-order valence-corrected chi connectivity index (χ1v) is 8.43. The molecule has 0 aromatic heterocycles. The Balaban J connectivity index is 1.59. The van der Waals surface area contributed by atoms with Crippen LogP contribution in [0.2, 0.25) is 0 Å². The van der Waals surface area contributed by atoms with Crippen LogP contribution in [0.4, 0.5) is 0 Å². The molecule has 24 heavy (non-hydrogen) atoms. The summed E-state index contributed by atoms with van der Waals surface area (Å²) >= 11 is 0. The molecule has 5 nitrogen and oxygen atoms in total. The highest BCUT2D eigenvalue weighted by atomic mass is 16.8. The van der Waals surface area contributed by atoms with Crippen molar-refractivity contribution in [3.8, 4) is 0 Å². The predicted octanol–water partition coefficient (Wildman–Crippen LogP) is 2.63. The van der Waals surface area contributed by atoms with E-state index in [9.17, 15) is 5.11 Å². The van der Waals surface area contributed by atoms with E-state index in [1.807, 2.05) is 44.2 Å². The predicted molar refractivity (Wildman–Crippen MR) is 89.1 cm³/mol. The monoisotopic (exact) mass is 334 g/mol. The van der Waals surface area contributed by atoms with Gasteiger partial charge in [-0.15, -0.1) is 0 Å². The van der Waals surface area contributed by atoms with Gasteiger partial charge in [0.1, 0.15) is 6.10 Å². The van der Waals surface area contributed by atoms with Crippen LogP contribution >= 0.6 is 0 Å². The molecule has 0 amide bonds. The van der Waals surface area contributed by atoms with Crippen LogP contribution in [-0.4, -0.2) is 42.6 Å². The molecule has 0 saturated carbocycles. The molecular weight excluding hydrogens is 308 g/mol. The summed E-state index contributed by atoms with van der Waals surface area (Å²) in [6.07, 6.45) is 1.13. The molecule has 3 rings (SSSR count). The number of fused-ring (bicyclic) bond motifs is 1. The summed E-state index contributed by atoms with van der Waals surface area (Å²) in [4.78, 5) is 0. The largest absolute Gasteiger partial charge is 0.392 e. The van der Waals surface area contributed by atoms with Crippen LogP contribution in [0, 0.1) is 5.92 Å². The second-order valence-corrected chi connectivity index (χ2v) is 6.82. The summed E-state index contributed by atoms with van der Waals surface area (Å²) < 4.78 is 23.6. The van der Waals surface area contributed by atoms with Gasteiger partial charge in [-0.25, -0.2) is 0 Å². The Labute approximate surface area is 143 Å². The van der Waals surface area contributed by atoms with Gasteiger partial charge >= 0.3 is 0 Å². The van der Waals surface area contributed by atoms with Crippen LogP contribution in [0.25, 0.3) is 0 Å². The fourth-order valence-corrected chi connectivity index (χ4v) is 3.32. The first kappa shape index (κ1) is 17.6. The molecule has 0 aliphatic carbocycles. The molecule has 2 aliphatic heterocycles.